The van der Waals surface area contributed by atoms with Crippen LogP contribution in [0.4, 0.5) is 0 Å². The lowest BCUT2D eigenvalue weighted by Gasteiger charge is -2.02. The van der Waals surface area contributed by atoms with Gasteiger partial charge in [0.1, 0.15) is 12.5 Å². The van der Waals surface area contributed by atoms with Gasteiger partial charge in [-0.05, 0) is 12.5 Å². The van der Waals surface area contributed by atoms with Gasteiger partial charge in [-0.25, -0.2) is 0 Å². The molecule has 0 radical (unpaired) electrons. The third kappa shape index (κ3) is 2.13. The fraction of sp³-hybridized carbons (Fsp3) is 0.500. The lowest BCUT2D eigenvalue weighted by atomic mass is 10.3. The van der Waals surface area contributed by atoms with E-state index >= 15 is 0 Å². The van der Waals surface area contributed by atoms with Crippen LogP contribution in [0.15, 0.2) is 24.7 Å². The number of ether oxygens (including phenoxy) is 2. The van der Waals surface area contributed by atoms with E-state index in [2.05, 4.69) is 13.0 Å². The monoisotopic (exact) mass is 140 g/mol. The summed E-state index contributed by atoms with van der Waals surface area (Å²) in [6, 6.07) is 0. The van der Waals surface area contributed by atoms with Crippen LogP contribution in [-0.2, 0) is 9.47 Å². The van der Waals surface area contributed by atoms with Gasteiger partial charge in [0.25, 0.3) is 6.29 Å². The van der Waals surface area contributed by atoms with E-state index in [0.29, 0.717) is 0 Å². The normalized spacial score (nSPS) is 17.7. The number of allylic oxidation sites excluding steroid dienone is 1. The van der Waals surface area contributed by atoms with Gasteiger partial charge in [-0.15, -0.1) is 0 Å². The molecule has 1 aliphatic heterocycles. The third-order valence-electron chi connectivity index (χ3n) is 1.23. The molecule has 0 N–H and O–H groups in total. The van der Waals surface area contributed by atoms with Crippen molar-refractivity contribution >= 4 is 0 Å². The first kappa shape index (κ1) is 7.19. The Labute approximate surface area is 61.1 Å². The van der Waals surface area contributed by atoms with Crippen LogP contribution < -0.4 is 0 Å². The largest absolute Gasteiger partial charge is 0.456 e. The molecule has 0 aromatic heterocycles. The highest BCUT2D eigenvalue weighted by atomic mass is 16.7. The van der Waals surface area contributed by atoms with Gasteiger partial charge in [0.05, 0.1) is 0 Å². The summed E-state index contributed by atoms with van der Waals surface area (Å²) in [6.07, 6.45) is 9.18. The zero-order valence-corrected chi connectivity index (χ0v) is 6.12. The minimum Gasteiger partial charge on any atom is -0.456 e. The van der Waals surface area contributed by atoms with Gasteiger partial charge in [0.15, 0.2) is 0 Å². The Morgan fingerprint density at radius 3 is 2.70 bits per heavy atom. The van der Waals surface area contributed by atoms with E-state index in [-0.39, 0.29) is 6.29 Å². The standard InChI is InChI=1S/C8H12O2/c1-2-3-4-5-8-9-6-7-10-8/h4-8H,2-3H2,1H3/b5-4+. The molecule has 0 fully saturated rings. The van der Waals surface area contributed by atoms with Crippen LogP contribution in [0.3, 0.4) is 0 Å². The van der Waals surface area contributed by atoms with Gasteiger partial charge >= 0.3 is 0 Å². The second kappa shape index (κ2) is 3.99. The Morgan fingerprint density at radius 1 is 1.40 bits per heavy atom. The summed E-state index contributed by atoms with van der Waals surface area (Å²) in [4.78, 5) is 0. The van der Waals surface area contributed by atoms with Crippen LogP contribution in [-0.4, -0.2) is 6.29 Å². The molecule has 1 aliphatic rings. The van der Waals surface area contributed by atoms with Crippen molar-refractivity contribution in [2.45, 2.75) is 26.1 Å². The molecule has 10 heavy (non-hydrogen) atoms. The van der Waals surface area contributed by atoms with Crippen molar-refractivity contribution in [3.05, 3.63) is 24.7 Å². The minimum atomic E-state index is -0.174. The molecule has 0 aromatic carbocycles. The van der Waals surface area contributed by atoms with Crippen molar-refractivity contribution in [3.8, 4) is 0 Å². The van der Waals surface area contributed by atoms with Crippen molar-refractivity contribution in [2.24, 2.45) is 0 Å². The Morgan fingerprint density at radius 2 is 2.10 bits per heavy atom. The molecule has 2 heteroatoms. The zero-order valence-electron chi connectivity index (χ0n) is 6.12. The van der Waals surface area contributed by atoms with E-state index in [4.69, 9.17) is 9.47 Å². The summed E-state index contributed by atoms with van der Waals surface area (Å²) in [6.45, 7) is 2.14. The Kier molecular flexibility index (Phi) is 2.87. The molecule has 1 heterocycles. The average Bonchev–Trinajstić information content (AvgIpc) is 2.41. The molecule has 0 bridgehead atoms. The molecule has 0 spiro atoms. The molecule has 0 atom stereocenters. The molecule has 0 saturated carbocycles. The van der Waals surface area contributed by atoms with E-state index in [1.807, 2.05) is 6.08 Å². The number of hydrogen-bond acceptors (Lipinski definition) is 2. The van der Waals surface area contributed by atoms with Crippen molar-refractivity contribution in [1.29, 1.82) is 0 Å². The number of hydrogen-bond donors (Lipinski definition) is 0. The van der Waals surface area contributed by atoms with E-state index in [9.17, 15) is 0 Å². The fourth-order valence-corrected chi connectivity index (χ4v) is 0.716. The Bertz CT molecular complexity index is 130. The quantitative estimate of drug-likeness (QED) is 0.559. The first-order valence-electron chi connectivity index (χ1n) is 3.56. The summed E-state index contributed by atoms with van der Waals surface area (Å²) in [7, 11) is 0. The Balaban J connectivity index is 2.12. The minimum absolute atomic E-state index is 0.174. The third-order valence-corrected chi connectivity index (χ3v) is 1.23. The first-order valence-corrected chi connectivity index (χ1v) is 3.56. The van der Waals surface area contributed by atoms with Crippen LogP contribution in [0, 0.1) is 0 Å². The van der Waals surface area contributed by atoms with Crippen molar-refractivity contribution < 1.29 is 9.47 Å². The first-order chi connectivity index (χ1) is 4.93. The van der Waals surface area contributed by atoms with Crippen LogP contribution >= 0.6 is 0 Å². The second-order valence-corrected chi connectivity index (χ2v) is 2.13. The van der Waals surface area contributed by atoms with Crippen molar-refractivity contribution in [2.75, 3.05) is 0 Å². The highest BCUT2D eigenvalue weighted by molar-refractivity contribution is 4.89. The summed E-state index contributed by atoms with van der Waals surface area (Å²) < 4.78 is 10.0. The topological polar surface area (TPSA) is 18.5 Å². The smallest absolute Gasteiger partial charge is 0.259 e. The molecule has 0 amide bonds. The van der Waals surface area contributed by atoms with Gasteiger partial charge < -0.3 is 9.47 Å². The molecule has 1 rings (SSSR count). The van der Waals surface area contributed by atoms with Gasteiger partial charge in [0.2, 0.25) is 0 Å². The summed E-state index contributed by atoms with van der Waals surface area (Å²) in [5.74, 6) is 0. The summed E-state index contributed by atoms with van der Waals surface area (Å²) >= 11 is 0. The van der Waals surface area contributed by atoms with Crippen molar-refractivity contribution in [1.82, 2.24) is 0 Å². The SMILES string of the molecule is CCC/C=C/C1OC=CO1. The molecule has 56 valence electrons. The predicted octanol–water partition coefficient (Wildman–Crippen LogP) is 2.19. The zero-order chi connectivity index (χ0) is 7.23. The second-order valence-electron chi connectivity index (χ2n) is 2.13. The number of unbranched alkanes of at least 4 members (excludes halogenated alkanes) is 1. The molecule has 0 aliphatic carbocycles. The molecule has 0 aromatic rings. The predicted molar refractivity (Wildman–Crippen MR) is 39.1 cm³/mol. The lowest BCUT2D eigenvalue weighted by molar-refractivity contribution is 0.0189. The molecule has 2 nitrogen and oxygen atoms in total. The summed E-state index contributed by atoms with van der Waals surface area (Å²) in [5.41, 5.74) is 0. The van der Waals surface area contributed by atoms with Gasteiger partial charge in [-0.1, -0.05) is 19.4 Å². The van der Waals surface area contributed by atoms with Crippen LogP contribution in [0.2, 0.25) is 0 Å². The highest BCUT2D eigenvalue weighted by Gasteiger charge is 2.05. The van der Waals surface area contributed by atoms with E-state index in [1.165, 1.54) is 0 Å². The summed E-state index contributed by atoms with van der Waals surface area (Å²) in [5, 5.41) is 0. The average molecular weight is 140 g/mol. The maximum Gasteiger partial charge on any atom is 0.259 e. The van der Waals surface area contributed by atoms with Gasteiger partial charge in [-0.2, -0.15) is 0 Å². The fourth-order valence-electron chi connectivity index (χ4n) is 0.716. The lowest BCUT2D eigenvalue weighted by Crippen LogP contribution is -2.01. The van der Waals surface area contributed by atoms with E-state index in [1.54, 1.807) is 12.5 Å². The molecular weight excluding hydrogens is 128 g/mol. The highest BCUT2D eigenvalue weighted by Crippen LogP contribution is 2.06. The van der Waals surface area contributed by atoms with E-state index < -0.39 is 0 Å². The Hall–Kier alpha value is -0.920. The van der Waals surface area contributed by atoms with Crippen LogP contribution in [0.1, 0.15) is 19.8 Å². The van der Waals surface area contributed by atoms with E-state index in [0.717, 1.165) is 12.8 Å². The molecular formula is C8H12O2. The molecule has 0 saturated heterocycles. The van der Waals surface area contributed by atoms with Gasteiger partial charge in [0, 0.05) is 0 Å². The van der Waals surface area contributed by atoms with Crippen LogP contribution in [0.5, 0.6) is 0 Å². The van der Waals surface area contributed by atoms with Crippen LogP contribution in [0.25, 0.3) is 0 Å². The van der Waals surface area contributed by atoms with Gasteiger partial charge in [-0.3, -0.25) is 0 Å². The maximum absolute atomic E-state index is 5.01. The maximum atomic E-state index is 5.01. The molecule has 0 unspecified atom stereocenters. The van der Waals surface area contributed by atoms with Crippen molar-refractivity contribution in [3.63, 3.8) is 0 Å². The number of rotatable bonds is 3.